The van der Waals surface area contributed by atoms with Crippen molar-refractivity contribution < 1.29 is 41.7 Å². The molecule has 3 aliphatic rings. The van der Waals surface area contributed by atoms with Crippen LogP contribution in [0, 0.1) is 17.5 Å². The van der Waals surface area contributed by atoms with Crippen LogP contribution in [0.1, 0.15) is 39.4 Å². The lowest BCUT2D eigenvalue weighted by Crippen LogP contribution is -2.22. The van der Waals surface area contributed by atoms with E-state index in [1.807, 2.05) is 0 Å². The number of allylic oxidation sites excluding steroid dienone is 1. The fourth-order valence-corrected chi connectivity index (χ4v) is 4.47. The van der Waals surface area contributed by atoms with Crippen molar-refractivity contribution >= 4 is 17.8 Å². The van der Waals surface area contributed by atoms with Crippen molar-refractivity contribution in [3.05, 3.63) is 87.9 Å². The first-order valence-corrected chi connectivity index (χ1v) is 10.7. The van der Waals surface area contributed by atoms with Crippen molar-refractivity contribution in [2.24, 2.45) is 0 Å². The van der Waals surface area contributed by atoms with Gasteiger partial charge in [0.15, 0.2) is 34.7 Å². The predicted octanol–water partition coefficient (Wildman–Crippen LogP) is 4.93. The van der Waals surface area contributed by atoms with E-state index in [-0.39, 0.29) is 40.4 Å². The minimum absolute atomic E-state index is 0.0113. The van der Waals surface area contributed by atoms with E-state index in [4.69, 9.17) is 18.9 Å². The van der Waals surface area contributed by atoms with Crippen molar-refractivity contribution in [1.82, 2.24) is 0 Å². The van der Waals surface area contributed by atoms with Gasteiger partial charge in [-0.15, -0.1) is 0 Å². The minimum Gasteiger partial charge on any atom is -0.486 e. The van der Waals surface area contributed by atoms with E-state index in [0.29, 0.717) is 30.3 Å². The molecular formula is C26H15F3O6. The van der Waals surface area contributed by atoms with Crippen LogP contribution < -0.4 is 18.9 Å². The van der Waals surface area contributed by atoms with Gasteiger partial charge in [0.25, 0.3) is 0 Å². The Labute approximate surface area is 196 Å². The van der Waals surface area contributed by atoms with E-state index in [9.17, 15) is 22.8 Å². The molecule has 176 valence electrons. The molecule has 0 saturated heterocycles. The summed E-state index contributed by atoms with van der Waals surface area (Å²) < 4.78 is 63.8. The maximum Gasteiger partial charge on any atom is 0.312 e. The number of ketones is 1. The molecule has 0 amide bonds. The molecule has 3 heterocycles. The number of carbonyl (C=O) groups excluding carboxylic acids is 2. The highest BCUT2D eigenvalue weighted by Crippen LogP contribution is 2.49. The number of Topliss-reactive ketones (excluding diaryl/α,β-unsaturated/α-hetero) is 1. The molecule has 0 aliphatic carbocycles. The average molecular weight is 480 g/mol. The molecule has 0 fully saturated rings. The molecule has 35 heavy (non-hydrogen) atoms. The van der Waals surface area contributed by atoms with Gasteiger partial charge in [-0.25, -0.2) is 13.2 Å². The summed E-state index contributed by atoms with van der Waals surface area (Å²) in [5.41, 5.74) is 1.14. The van der Waals surface area contributed by atoms with Crippen LogP contribution in [0.2, 0.25) is 0 Å². The highest BCUT2D eigenvalue weighted by Gasteiger charge is 2.39. The zero-order chi connectivity index (χ0) is 24.3. The quantitative estimate of drug-likeness (QED) is 0.224. The minimum atomic E-state index is -1.61. The van der Waals surface area contributed by atoms with E-state index in [1.54, 1.807) is 18.2 Å². The van der Waals surface area contributed by atoms with Crippen molar-refractivity contribution in [2.75, 3.05) is 13.2 Å². The standard InChI is InChI=1S/C26H15F3O6/c27-16-9-13(10-17(28)24(16)29)15-11-22(30)34-19-4-2-14-25(31)21(35-26(14)23(15)19)8-12-1-3-18-20(7-12)33-6-5-32-18/h1-4,7-10,15H,5-6,11H2/b21-8-. The Kier molecular flexibility index (Phi) is 4.80. The molecule has 1 atom stereocenters. The molecule has 0 aromatic heterocycles. The number of halogens is 3. The second-order valence-corrected chi connectivity index (χ2v) is 8.23. The van der Waals surface area contributed by atoms with E-state index in [0.717, 1.165) is 12.1 Å². The molecule has 3 aromatic carbocycles. The Morgan fingerprint density at radius 1 is 0.829 bits per heavy atom. The van der Waals surface area contributed by atoms with Crippen LogP contribution in [-0.4, -0.2) is 25.0 Å². The van der Waals surface area contributed by atoms with Crippen LogP contribution in [0.3, 0.4) is 0 Å². The molecule has 0 saturated carbocycles. The first-order chi connectivity index (χ1) is 16.9. The molecular weight excluding hydrogens is 465 g/mol. The molecule has 1 unspecified atom stereocenters. The third kappa shape index (κ3) is 3.51. The molecule has 0 radical (unpaired) electrons. The second-order valence-electron chi connectivity index (χ2n) is 8.23. The van der Waals surface area contributed by atoms with E-state index >= 15 is 0 Å². The van der Waals surface area contributed by atoms with Gasteiger partial charge in [0.05, 0.1) is 12.0 Å². The third-order valence-corrected chi connectivity index (χ3v) is 6.05. The monoisotopic (exact) mass is 480 g/mol. The predicted molar refractivity (Wildman–Crippen MR) is 115 cm³/mol. The van der Waals surface area contributed by atoms with Gasteiger partial charge in [-0.05, 0) is 53.6 Å². The Balaban J connectivity index is 1.43. The zero-order valence-electron chi connectivity index (χ0n) is 17.9. The van der Waals surface area contributed by atoms with Gasteiger partial charge in [0, 0.05) is 11.5 Å². The van der Waals surface area contributed by atoms with Crippen LogP contribution in [0.15, 0.2) is 48.2 Å². The van der Waals surface area contributed by atoms with E-state index in [1.165, 1.54) is 18.2 Å². The molecule has 6 rings (SSSR count). The van der Waals surface area contributed by atoms with Crippen molar-refractivity contribution in [3.63, 3.8) is 0 Å². The SMILES string of the molecule is O=C1CC(c2cc(F)c(F)c(F)c2)c2c(ccc3c2O/C(=C\c2ccc4c(c2)OCCO4)C3=O)O1. The maximum atomic E-state index is 14.0. The number of ether oxygens (including phenoxy) is 4. The summed E-state index contributed by atoms with van der Waals surface area (Å²) in [6.45, 7) is 0.855. The van der Waals surface area contributed by atoms with Gasteiger partial charge in [0.2, 0.25) is 5.78 Å². The first-order valence-electron chi connectivity index (χ1n) is 10.7. The molecule has 3 aromatic rings. The summed E-state index contributed by atoms with van der Waals surface area (Å²) >= 11 is 0. The lowest BCUT2D eigenvalue weighted by Gasteiger charge is -2.26. The van der Waals surface area contributed by atoms with E-state index in [2.05, 4.69) is 0 Å². The summed E-state index contributed by atoms with van der Waals surface area (Å²) in [5.74, 6) is -4.97. The fourth-order valence-electron chi connectivity index (χ4n) is 4.47. The molecule has 0 bridgehead atoms. The smallest absolute Gasteiger partial charge is 0.312 e. The molecule has 6 nitrogen and oxygen atoms in total. The van der Waals surface area contributed by atoms with Gasteiger partial charge >= 0.3 is 5.97 Å². The highest BCUT2D eigenvalue weighted by molar-refractivity contribution is 6.15. The van der Waals surface area contributed by atoms with E-state index < -0.39 is 35.1 Å². The van der Waals surface area contributed by atoms with Crippen LogP contribution >= 0.6 is 0 Å². The van der Waals surface area contributed by atoms with Gasteiger partial charge in [-0.3, -0.25) is 9.59 Å². The maximum absolute atomic E-state index is 14.0. The summed E-state index contributed by atoms with van der Waals surface area (Å²) in [6.07, 6.45) is 1.26. The first kappa shape index (κ1) is 21.3. The number of hydrogen-bond acceptors (Lipinski definition) is 6. The van der Waals surface area contributed by atoms with Crippen molar-refractivity contribution in [3.8, 4) is 23.0 Å². The molecule has 3 aliphatic heterocycles. The number of esters is 1. The second kappa shape index (κ2) is 7.90. The highest BCUT2D eigenvalue weighted by atomic mass is 19.2. The number of fused-ring (bicyclic) bond motifs is 4. The lowest BCUT2D eigenvalue weighted by molar-refractivity contribution is -0.135. The molecule has 0 N–H and O–H groups in total. The number of hydrogen-bond donors (Lipinski definition) is 0. The summed E-state index contributed by atoms with van der Waals surface area (Å²) in [6, 6.07) is 9.73. The topological polar surface area (TPSA) is 71.1 Å². The van der Waals surface area contributed by atoms with Gasteiger partial charge < -0.3 is 18.9 Å². The van der Waals surface area contributed by atoms with Gasteiger partial charge in [-0.1, -0.05) is 6.07 Å². The number of carbonyl (C=O) groups is 2. The van der Waals surface area contributed by atoms with Crippen LogP contribution in [0.4, 0.5) is 13.2 Å². The van der Waals surface area contributed by atoms with Gasteiger partial charge in [0.1, 0.15) is 24.7 Å². The largest absolute Gasteiger partial charge is 0.486 e. The number of benzene rings is 3. The zero-order valence-corrected chi connectivity index (χ0v) is 17.9. The van der Waals surface area contributed by atoms with Crippen LogP contribution in [0.5, 0.6) is 23.0 Å². The summed E-state index contributed by atoms with van der Waals surface area (Å²) in [4.78, 5) is 25.3. The number of rotatable bonds is 2. The van der Waals surface area contributed by atoms with Crippen LogP contribution in [0.25, 0.3) is 6.08 Å². The summed E-state index contributed by atoms with van der Waals surface area (Å²) in [7, 11) is 0. The molecule has 9 heteroatoms. The van der Waals surface area contributed by atoms with Gasteiger partial charge in [-0.2, -0.15) is 0 Å². The van der Waals surface area contributed by atoms with Crippen LogP contribution in [-0.2, 0) is 4.79 Å². The Bertz CT molecular complexity index is 1440. The third-order valence-electron chi connectivity index (χ3n) is 6.05. The fraction of sp³-hybridized carbons (Fsp3) is 0.154. The van der Waals surface area contributed by atoms with Crippen molar-refractivity contribution in [2.45, 2.75) is 12.3 Å². The Morgan fingerprint density at radius 3 is 2.31 bits per heavy atom. The summed E-state index contributed by atoms with van der Waals surface area (Å²) in [5, 5.41) is 0. The molecule has 0 spiro atoms. The normalized spacial score (nSPS) is 19.2. The van der Waals surface area contributed by atoms with Crippen molar-refractivity contribution in [1.29, 1.82) is 0 Å². The lowest BCUT2D eigenvalue weighted by atomic mass is 9.84. The Hall–Kier alpha value is -4.27. The average Bonchev–Trinajstić information content (AvgIpc) is 3.16. The Morgan fingerprint density at radius 2 is 1.54 bits per heavy atom.